The first kappa shape index (κ1) is 17.9. The van der Waals surface area contributed by atoms with Crippen LogP contribution in [-0.4, -0.2) is 20.4 Å². The van der Waals surface area contributed by atoms with Crippen LogP contribution in [0.2, 0.25) is 0 Å². The largest absolute Gasteiger partial charge is 0.508 e. The lowest BCUT2D eigenvalue weighted by atomic mass is 9.88. The van der Waals surface area contributed by atoms with Crippen molar-refractivity contribution < 1.29 is 20.4 Å². The predicted molar refractivity (Wildman–Crippen MR) is 119 cm³/mol. The first-order valence-electron chi connectivity index (χ1n) is 9.50. The summed E-state index contributed by atoms with van der Waals surface area (Å²) in [5.41, 5.74) is 2.80. The summed E-state index contributed by atoms with van der Waals surface area (Å²) in [5.74, 6) is -0.193. The summed E-state index contributed by atoms with van der Waals surface area (Å²) < 4.78 is 0. The standard InChI is InChI=1S/C26H18O4/c27-20-8-18(9-21(28)13-20)24-6-5-17-7-15-3-1-2-4-16(15)12-25(17)26(24)19-10-22(29)14-23(30)11-19/h1-14,27-30H. The molecule has 4 heteroatoms. The van der Waals surface area contributed by atoms with Crippen molar-refractivity contribution in [1.29, 1.82) is 0 Å². The molecule has 146 valence electrons. The van der Waals surface area contributed by atoms with Crippen LogP contribution in [-0.2, 0) is 0 Å². The maximum Gasteiger partial charge on any atom is 0.119 e. The van der Waals surface area contributed by atoms with Gasteiger partial charge in [-0.3, -0.25) is 0 Å². The van der Waals surface area contributed by atoms with Gasteiger partial charge in [-0.05, 0) is 80.2 Å². The van der Waals surface area contributed by atoms with Gasteiger partial charge < -0.3 is 20.4 Å². The van der Waals surface area contributed by atoms with Crippen LogP contribution in [0.1, 0.15) is 0 Å². The average Bonchev–Trinajstić information content (AvgIpc) is 2.70. The molecule has 0 spiro atoms. The third-order valence-corrected chi connectivity index (χ3v) is 5.29. The van der Waals surface area contributed by atoms with Gasteiger partial charge in [0.2, 0.25) is 0 Å². The van der Waals surface area contributed by atoms with Crippen LogP contribution in [0, 0.1) is 0 Å². The van der Waals surface area contributed by atoms with Crippen LogP contribution in [0.5, 0.6) is 23.0 Å². The fourth-order valence-corrected chi connectivity index (χ4v) is 4.06. The lowest BCUT2D eigenvalue weighted by Gasteiger charge is -2.16. The van der Waals surface area contributed by atoms with Crippen molar-refractivity contribution >= 4 is 21.5 Å². The molecule has 0 aliphatic heterocycles. The van der Waals surface area contributed by atoms with Gasteiger partial charge in [-0.25, -0.2) is 0 Å². The molecule has 0 heterocycles. The van der Waals surface area contributed by atoms with E-state index in [1.54, 1.807) is 24.3 Å². The number of rotatable bonds is 2. The topological polar surface area (TPSA) is 80.9 Å². The number of aromatic hydroxyl groups is 4. The lowest BCUT2D eigenvalue weighted by Crippen LogP contribution is -1.89. The number of hydrogen-bond acceptors (Lipinski definition) is 4. The second kappa shape index (κ2) is 6.71. The van der Waals surface area contributed by atoms with Gasteiger partial charge in [0.05, 0.1) is 0 Å². The molecule has 0 fully saturated rings. The van der Waals surface area contributed by atoms with Gasteiger partial charge in [-0.2, -0.15) is 0 Å². The lowest BCUT2D eigenvalue weighted by molar-refractivity contribution is 0.450. The van der Waals surface area contributed by atoms with Crippen molar-refractivity contribution in [3.05, 3.63) is 84.9 Å². The van der Waals surface area contributed by atoms with E-state index in [1.165, 1.54) is 12.1 Å². The van der Waals surface area contributed by atoms with Crippen LogP contribution in [0.3, 0.4) is 0 Å². The van der Waals surface area contributed by atoms with Crippen molar-refractivity contribution in [3.63, 3.8) is 0 Å². The van der Waals surface area contributed by atoms with E-state index in [0.29, 0.717) is 11.1 Å². The second-order valence-corrected chi connectivity index (χ2v) is 7.38. The molecule has 0 atom stereocenters. The average molecular weight is 394 g/mol. The van der Waals surface area contributed by atoms with E-state index in [2.05, 4.69) is 18.2 Å². The highest BCUT2D eigenvalue weighted by Crippen LogP contribution is 2.43. The Kier molecular flexibility index (Phi) is 4.00. The Bertz CT molecular complexity index is 1400. The molecule has 0 aliphatic rings. The van der Waals surface area contributed by atoms with Gasteiger partial charge in [-0.15, -0.1) is 0 Å². The quantitative estimate of drug-likeness (QED) is 0.271. The molecule has 30 heavy (non-hydrogen) atoms. The van der Waals surface area contributed by atoms with E-state index in [1.807, 2.05) is 30.3 Å². The molecule has 5 rings (SSSR count). The Morgan fingerprint density at radius 3 is 1.57 bits per heavy atom. The van der Waals surface area contributed by atoms with Crippen LogP contribution in [0.4, 0.5) is 0 Å². The summed E-state index contributed by atoms with van der Waals surface area (Å²) in [5, 5.41) is 44.4. The van der Waals surface area contributed by atoms with Crippen LogP contribution < -0.4 is 0 Å². The van der Waals surface area contributed by atoms with Crippen molar-refractivity contribution in [2.24, 2.45) is 0 Å². The normalized spacial score (nSPS) is 11.2. The molecule has 0 bridgehead atoms. The number of phenolic OH excluding ortho intramolecular Hbond substituents is 4. The second-order valence-electron chi connectivity index (χ2n) is 7.38. The van der Waals surface area contributed by atoms with Gasteiger partial charge in [0.25, 0.3) is 0 Å². The molecule has 0 saturated carbocycles. The zero-order valence-corrected chi connectivity index (χ0v) is 15.9. The summed E-state index contributed by atoms with van der Waals surface area (Å²) in [6, 6.07) is 25.0. The minimum Gasteiger partial charge on any atom is -0.508 e. The summed E-state index contributed by atoms with van der Waals surface area (Å²) in [4.78, 5) is 0. The predicted octanol–water partition coefficient (Wildman–Crippen LogP) is 6.15. The van der Waals surface area contributed by atoms with Gasteiger partial charge in [0.15, 0.2) is 0 Å². The molecule has 5 aromatic rings. The van der Waals surface area contributed by atoms with Crippen molar-refractivity contribution in [2.75, 3.05) is 0 Å². The van der Waals surface area contributed by atoms with Gasteiger partial charge in [0, 0.05) is 12.1 Å². The Hall–Kier alpha value is -4.18. The van der Waals surface area contributed by atoms with E-state index in [0.717, 1.165) is 32.7 Å². The molecule has 0 radical (unpaired) electrons. The van der Waals surface area contributed by atoms with Crippen molar-refractivity contribution in [1.82, 2.24) is 0 Å². The third-order valence-electron chi connectivity index (χ3n) is 5.29. The maximum absolute atomic E-state index is 10.1. The minimum absolute atomic E-state index is 0.0479. The van der Waals surface area contributed by atoms with Crippen LogP contribution >= 0.6 is 0 Å². The van der Waals surface area contributed by atoms with E-state index >= 15 is 0 Å². The Morgan fingerprint density at radius 2 is 0.967 bits per heavy atom. The Labute approximate surface area is 172 Å². The molecule has 5 aromatic carbocycles. The van der Waals surface area contributed by atoms with E-state index in [9.17, 15) is 20.4 Å². The van der Waals surface area contributed by atoms with Crippen LogP contribution in [0.25, 0.3) is 43.8 Å². The summed E-state index contributed by atoms with van der Waals surface area (Å²) in [7, 11) is 0. The summed E-state index contributed by atoms with van der Waals surface area (Å²) >= 11 is 0. The summed E-state index contributed by atoms with van der Waals surface area (Å²) in [6.07, 6.45) is 0. The smallest absolute Gasteiger partial charge is 0.119 e. The molecule has 0 aromatic heterocycles. The van der Waals surface area contributed by atoms with Crippen molar-refractivity contribution in [2.45, 2.75) is 0 Å². The first-order valence-corrected chi connectivity index (χ1v) is 9.50. The molecule has 4 nitrogen and oxygen atoms in total. The van der Waals surface area contributed by atoms with E-state index < -0.39 is 0 Å². The first-order chi connectivity index (χ1) is 14.5. The highest BCUT2D eigenvalue weighted by Gasteiger charge is 2.15. The third kappa shape index (κ3) is 3.05. The molecule has 0 unspecified atom stereocenters. The SMILES string of the molecule is Oc1cc(O)cc(-c2ccc3cc4ccccc4cc3c2-c2cc(O)cc(O)c2)c1. The minimum atomic E-state index is -0.0486. The molecular weight excluding hydrogens is 376 g/mol. The molecule has 0 saturated heterocycles. The van der Waals surface area contributed by atoms with Gasteiger partial charge in [0.1, 0.15) is 23.0 Å². The van der Waals surface area contributed by atoms with Gasteiger partial charge in [-0.1, -0.05) is 36.4 Å². The zero-order chi connectivity index (χ0) is 20.8. The number of benzene rings is 5. The van der Waals surface area contributed by atoms with Crippen molar-refractivity contribution in [3.8, 4) is 45.3 Å². The van der Waals surface area contributed by atoms with E-state index in [-0.39, 0.29) is 23.0 Å². The van der Waals surface area contributed by atoms with E-state index in [4.69, 9.17) is 0 Å². The number of fused-ring (bicyclic) bond motifs is 2. The van der Waals surface area contributed by atoms with Gasteiger partial charge >= 0.3 is 0 Å². The number of phenols is 4. The molecule has 0 aliphatic carbocycles. The molecule has 0 amide bonds. The molecule has 4 N–H and O–H groups in total. The number of hydrogen-bond donors (Lipinski definition) is 4. The highest BCUT2D eigenvalue weighted by molar-refractivity contribution is 6.09. The zero-order valence-electron chi connectivity index (χ0n) is 15.9. The van der Waals surface area contributed by atoms with Crippen LogP contribution in [0.15, 0.2) is 84.9 Å². The highest BCUT2D eigenvalue weighted by atomic mass is 16.3. The summed E-state index contributed by atoms with van der Waals surface area (Å²) in [6.45, 7) is 0. The fourth-order valence-electron chi connectivity index (χ4n) is 4.06. The maximum atomic E-state index is 10.1. The Balaban J connectivity index is 1.93. The monoisotopic (exact) mass is 394 g/mol. The fraction of sp³-hybridized carbons (Fsp3) is 0. The Morgan fingerprint density at radius 1 is 0.433 bits per heavy atom. The molecular formula is C26H18O4.